The number of nitrogens with zero attached hydrogens (tertiary/aromatic N) is 4. The molecule has 12 aromatic rings. The lowest BCUT2D eigenvalue weighted by Crippen LogP contribution is -2.15. The van der Waals surface area contributed by atoms with E-state index < -0.39 is 0 Å². The van der Waals surface area contributed by atoms with Gasteiger partial charge in [-0.25, -0.2) is 9.97 Å². The Bertz CT molecular complexity index is 3750. The Morgan fingerprint density at radius 2 is 0.879 bits per heavy atom. The van der Waals surface area contributed by atoms with Crippen LogP contribution in [-0.4, -0.2) is 14.5 Å². The van der Waals surface area contributed by atoms with Crippen molar-refractivity contribution in [2.75, 3.05) is 4.90 Å². The first-order valence-electron chi connectivity index (χ1n) is 22.5. The summed E-state index contributed by atoms with van der Waals surface area (Å²) in [5.41, 5.74) is 18.6. The molecule has 0 spiro atoms. The van der Waals surface area contributed by atoms with Crippen molar-refractivity contribution in [2.45, 2.75) is 0 Å². The monoisotopic (exact) mass is 840 g/mol. The van der Waals surface area contributed by atoms with Crippen LogP contribution in [-0.2, 0) is 0 Å². The van der Waals surface area contributed by atoms with Crippen LogP contribution in [0, 0.1) is 0 Å². The van der Waals surface area contributed by atoms with E-state index in [1.54, 1.807) is 0 Å². The SMILES string of the molecule is c1ccc(-c2cc(-c3ccccc3)cc(-n3c4c(c5ccccc53)-c3ccccc3N(c3nc(-c5ccc(-c6cccc7ccccc67)cc5)c5ccccc5n3)c3ccccc3-4)c2)cc1. The number of para-hydroxylation sites is 4. The van der Waals surface area contributed by atoms with Crippen LogP contribution in [0.3, 0.4) is 0 Å². The minimum Gasteiger partial charge on any atom is -0.308 e. The van der Waals surface area contributed by atoms with Gasteiger partial charge in [-0.05, 0) is 86.6 Å². The van der Waals surface area contributed by atoms with Gasteiger partial charge in [-0.1, -0.05) is 200 Å². The summed E-state index contributed by atoms with van der Waals surface area (Å²) in [6.45, 7) is 0. The van der Waals surface area contributed by atoms with E-state index in [0.717, 1.165) is 72.7 Å². The van der Waals surface area contributed by atoms with E-state index in [2.05, 4.69) is 252 Å². The molecule has 3 heterocycles. The molecule has 66 heavy (non-hydrogen) atoms. The fraction of sp³-hybridized carbons (Fsp3) is 0. The number of hydrogen-bond donors (Lipinski definition) is 0. The van der Waals surface area contributed by atoms with Gasteiger partial charge in [-0.15, -0.1) is 0 Å². The molecule has 1 aliphatic heterocycles. The van der Waals surface area contributed by atoms with Gasteiger partial charge in [0.2, 0.25) is 5.95 Å². The molecule has 0 saturated carbocycles. The molecule has 10 aromatic carbocycles. The third-order valence-electron chi connectivity index (χ3n) is 13.1. The average molecular weight is 841 g/mol. The third-order valence-corrected chi connectivity index (χ3v) is 13.1. The minimum atomic E-state index is 0.611. The van der Waals surface area contributed by atoms with E-state index in [-0.39, 0.29) is 0 Å². The highest BCUT2D eigenvalue weighted by Gasteiger charge is 2.33. The Hall–Kier alpha value is -8.86. The Morgan fingerprint density at radius 1 is 0.333 bits per heavy atom. The molecule has 308 valence electrons. The lowest BCUT2D eigenvalue weighted by molar-refractivity contribution is 1.11. The Kier molecular flexibility index (Phi) is 8.81. The van der Waals surface area contributed by atoms with Gasteiger partial charge in [-0.2, -0.15) is 0 Å². The Morgan fingerprint density at radius 3 is 1.62 bits per heavy atom. The second-order valence-corrected chi connectivity index (χ2v) is 16.9. The van der Waals surface area contributed by atoms with Gasteiger partial charge < -0.3 is 4.57 Å². The summed E-state index contributed by atoms with van der Waals surface area (Å²) < 4.78 is 2.48. The van der Waals surface area contributed by atoms with Crippen LogP contribution < -0.4 is 4.90 Å². The maximum absolute atomic E-state index is 5.58. The van der Waals surface area contributed by atoms with Crippen LogP contribution in [0.4, 0.5) is 17.3 Å². The van der Waals surface area contributed by atoms with Crippen molar-refractivity contribution >= 4 is 49.9 Å². The smallest absolute Gasteiger partial charge is 0.235 e. The van der Waals surface area contributed by atoms with Gasteiger partial charge in [0.15, 0.2) is 0 Å². The molecule has 0 aliphatic carbocycles. The highest BCUT2D eigenvalue weighted by atomic mass is 15.3. The molecule has 13 rings (SSSR count). The fourth-order valence-corrected chi connectivity index (χ4v) is 10.1. The van der Waals surface area contributed by atoms with Crippen LogP contribution in [0.15, 0.2) is 243 Å². The number of fused-ring (bicyclic) bond motifs is 9. The van der Waals surface area contributed by atoms with E-state index >= 15 is 0 Å². The summed E-state index contributed by atoms with van der Waals surface area (Å²) in [6.07, 6.45) is 0. The van der Waals surface area contributed by atoms with Gasteiger partial charge in [0, 0.05) is 38.7 Å². The summed E-state index contributed by atoms with van der Waals surface area (Å²) in [6, 6.07) is 87.1. The number of anilines is 3. The summed E-state index contributed by atoms with van der Waals surface area (Å²) in [5, 5.41) is 4.65. The van der Waals surface area contributed by atoms with Crippen LogP contribution >= 0.6 is 0 Å². The third kappa shape index (κ3) is 6.15. The molecule has 4 nitrogen and oxygen atoms in total. The summed E-state index contributed by atoms with van der Waals surface area (Å²) in [5.74, 6) is 0.611. The zero-order chi connectivity index (χ0) is 43.6. The quantitative estimate of drug-likeness (QED) is 0.167. The van der Waals surface area contributed by atoms with Gasteiger partial charge in [0.1, 0.15) is 0 Å². The van der Waals surface area contributed by atoms with Crippen molar-refractivity contribution in [3.63, 3.8) is 0 Å². The first-order valence-corrected chi connectivity index (χ1v) is 22.5. The van der Waals surface area contributed by atoms with Gasteiger partial charge in [0.25, 0.3) is 0 Å². The lowest BCUT2D eigenvalue weighted by atomic mass is 9.96. The molecule has 0 unspecified atom stereocenters. The van der Waals surface area contributed by atoms with Crippen molar-refractivity contribution in [1.29, 1.82) is 0 Å². The van der Waals surface area contributed by atoms with Crippen LogP contribution in [0.2, 0.25) is 0 Å². The zero-order valence-corrected chi connectivity index (χ0v) is 35.9. The van der Waals surface area contributed by atoms with Gasteiger partial charge >= 0.3 is 0 Å². The Labute approximate surface area is 383 Å². The number of rotatable bonds is 6. The number of aromatic nitrogens is 3. The van der Waals surface area contributed by atoms with Crippen molar-refractivity contribution in [2.24, 2.45) is 0 Å². The molecule has 0 saturated heterocycles. The lowest BCUT2D eigenvalue weighted by Gasteiger charge is -2.26. The molecule has 0 radical (unpaired) electrons. The normalized spacial score (nSPS) is 11.9. The number of benzene rings is 10. The molecule has 4 heteroatoms. The van der Waals surface area contributed by atoms with Crippen molar-refractivity contribution in [1.82, 2.24) is 14.5 Å². The minimum absolute atomic E-state index is 0.611. The summed E-state index contributed by atoms with van der Waals surface area (Å²) in [7, 11) is 0. The molecule has 2 aromatic heterocycles. The molecule has 1 aliphatic rings. The molecular formula is C62H40N4. The largest absolute Gasteiger partial charge is 0.308 e. The second kappa shape index (κ2) is 15.4. The van der Waals surface area contributed by atoms with Crippen LogP contribution in [0.5, 0.6) is 0 Å². The maximum atomic E-state index is 5.58. The Balaban J connectivity index is 1.04. The van der Waals surface area contributed by atoms with Gasteiger partial charge in [0.05, 0.1) is 33.8 Å². The topological polar surface area (TPSA) is 34.0 Å². The fourth-order valence-electron chi connectivity index (χ4n) is 10.1. The van der Waals surface area contributed by atoms with Gasteiger partial charge in [-0.3, -0.25) is 4.90 Å². The average Bonchev–Trinajstić information content (AvgIpc) is 3.68. The maximum Gasteiger partial charge on any atom is 0.235 e. The number of hydrogen-bond acceptors (Lipinski definition) is 3. The summed E-state index contributed by atoms with van der Waals surface area (Å²) >= 11 is 0. The molecule has 0 amide bonds. The second-order valence-electron chi connectivity index (χ2n) is 16.9. The standard InChI is InChI=1S/C62H40N4/c1-3-18-41(19-4-1)46-38-47(42-20-5-2-6-21-42)40-48(39-46)65-56-31-14-10-26-52(56)59-53-27-11-15-32-57(53)66(58-33-16-12-28-54(58)61(59)65)62-63-55-30-13-9-25-51(55)60(64-62)45-36-34-44(35-37-45)50-29-17-23-43-22-7-8-24-49(43)50/h1-40H. The molecular weight excluding hydrogens is 801 g/mol. The summed E-state index contributed by atoms with van der Waals surface area (Å²) in [4.78, 5) is 13.3. The van der Waals surface area contributed by atoms with Crippen LogP contribution in [0.25, 0.3) is 105 Å². The molecule has 0 bridgehead atoms. The van der Waals surface area contributed by atoms with E-state index in [4.69, 9.17) is 9.97 Å². The van der Waals surface area contributed by atoms with Crippen LogP contribution in [0.1, 0.15) is 0 Å². The molecule has 0 N–H and O–H groups in total. The highest BCUT2D eigenvalue weighted by molar-refractivity contribution is 6.13. The first kappa shape index (κ1) is 37.7. The van der Waals surface area contributed by atoms with E-state index in [1.165, 1.54) is 44.0 Å². The van der Waals surface area contributed by atoms with E-state index in [1.807, 2.05) is 0 Å². The molecule has 0 fully saturated rings. The molecule has 0 atom stereocenters. The van der Waals surface area contributed by atoms with Crippen molar-refractivity contribution in [3.05, 3.63) is 243 Å². The van der Waals surface area contributed by atoms with E-state index in [9.17, 15) is 0 Å². The van der Waals surface area contributed by atoms with Crippen molar-refractivity contribution < 1.29 is 0 Å². The van der Waals surface area contributed by atoms with Crippen molar-refractivity contribution in [3.8, 4) is 72.7 Å². The highest BCUT2D eigenvalue weighted by Crippen LogP contribution is 2.54. The predicted octanol–water partition coefficient (Wildman–Crippen LogP) is 16.5. The van der Waals surface area contributed by atoms with E-state index in [0.29, 0.717) is 5.95 Å². The zero-order valence-electron chi connectivity index (χ0n) is 35.9. The first-order chi connectivity index (χ1) is 32.7. The predicted molar refractivity (Wildman–Crippen MR) is 275 cm³/mol.